The van der Waals surface area contributed by atoms with E-state index in [9.17, 15) is 0 Å². The highest BCUT2D eigenvalue weighted by Gasteiger charge is 2.26. The van der Waals surface area contributed by atoms with Crippen molar-refractivity contribution < 1.29 is 0 Å². The van der Waals surface area contributed by atoms with E-state index < -0.39 is 0 Å². The van der Waals surface area contributed by atoms with Crippen LogP contribution in [0.4, 0.5) is 0 Å². The van der Waals surface area contributed by atoms with E-state index in [1.807, 2.05) is 6.07 Å². The smallest absolute Gasteiger partial charge is 0.0513 e. The fraction of sp³-hybridized carbons (Fsp3) is 0.455. The summed E-state index contributed by atoms with van der Waals surface area (Å²) in [5.74, 6) is 0. The molecule has 3 rings (SSSR count). The average Bonchev–Trinajstić information content (AvgIpc) is 2.73. The molecule has 0 amide bonds. The highest BCUT2D eigenvalue weighted by molar-refractivity contribution is 7.97. The van der Waals surface area contributed by atoms with E-state index in [0.29, 0.717) is 0 Å². The molecule has 86 valence electrons. The van der Waals surface area contributed by atoms with E-state index in [4.69, 9.17) is 11.6 Å². The van der Waals surface area contributed by atoms with Gasteiger partial charge in [0.15, 0.2) is 0 Å². The molecule has 2 aliphatic rings. The Labute approximate surface area is 105 Å². The van der Waals surface area contributed by atoms with Gasteiger partial charge in [0.05, 0.1) is 6.54 Å². The molecule has 0 aliphatic carbocycles. The Morgan fingerprint density at radius 2 is 2.06 bits per heavy atom. The van der Waals surface area contributed by atoms with E-state index in [2.05, 4.69) is 26.9 Å². The number of nitrogens with zero attached hydrogens (tertiary/aromatic N) is 2. The van der Waals surface area contributed by atoms with Gasteiger partial charge in [0.1, 0.15) is 0 Å². The molecule has 2 aliphatic heterocycles. The molecule has 0 radical (unpaired) electrons. The van der Waals surface area contributed by atoms with Gasteiger partial charge in [-0.3, -0.25) is 0 Å². The maximum absolute atomic E-state index is 6.00. The molecule has 2 heterocycles. The first-order valence-electron chi connectivity index (χ1n) is 5.52. The van der Waals surface area contributed by atoms with Crippen molar-refractivity contribution in [2.45, 2.75) is 11.4 Å². The largest absolute Gasteiger partial charge is 0.314 e. The molecule has 0 spiro atoms. The number of hydrazine groups is 1. The molecule has 0 atom stereocenters. The highest BCUT2D eigenvalue weighted by Crippen LogP contribution is 2.38. The standard InChI is InChI=1S/C11H14ClN3S/c12-10-2-1-9-8-15(16-11(9)7-10)14-5-3-13-4-6-14/h1-2,7,13H,3-6,8H2. The van der Waals surface area contributed by atoms with Gasteiger partial charge in [0, 0.05) is 36.1 Å². The lowest BCUT2D eigenvalue weighted by Gasteiger charge is -2.33. The van der Waals surface area contributed by atoms with Crippen molar-refractivity contribution >= 4 is 23.5 Å². The molecular formula is C11H14ClN3S. The number of fused-ring (bicyclic) bond motifs is 1. The molecule has 3 nitrogen and oxygen atoms in total. The summed E-state index contributed by atoms with van der Waals surface area (Å²) >= 11 is 7.81. The van der Waals surface area contributed by atoms with Crippen LogP contribution in [0.1, 0.15) is 5.56 Å². The zero-order chi connectivity index (χ0) is 11.0. The first-order chi connectivity index (χ1) is 7.83. The molecule has 0 saturated carbocycles. The SMILES string of the molecule is Clc1ccc2c(c1)SN(N1CCNCC1)C2. The van der Waals surface area contributed by atoms with Crippen LogP contribution in [0.5, 0.6) is 0 Å². The number of halogens is 1. The fourth-order valence-corrected chi connectivity index (χ4v) is 3.45. The van der Waals surface area contributed by atoms with Crippen LogP contribution in [0.15, 0.2) is 23.1 Å². The van der Waals surface area contributed by atoms with Gasteiger partial charge in [-0.1, -0.05) is 17.7 Å². The van der Waals surface area contributed by atoms with Gasteiger partial charge in [0.25, 0.3) is 0 Å². The van der Waals surface area contributed by atoms with Crippen LogP contribution in [-0.4, -0.2) is 35.6 Å². The van der Waals surface area contributed by atoms with Gasteiger partial charge in [0.2, 0.25) is 0 Å². The van der Waals surface area contributed by atoms with E-state index >= 15 is 0 Å². The lowest BCUT2D eigenvalue weighted by Crippen LogP contribution is -2.48. The van der Waals surface area contributed by atoms with Crippen molar-refractivity contribution in [3.8, 4) is 0 Å². The Hall–Kier alpha value is -0.260. The number of piperazine rings is 1. The number of hydrogen-bond donors (Lipinski definition) is 1. The number of hydrogen-bond acceptors (Lipinski definition) is 4. The third-order valence-electron chi connectivity index (χ3n) is 2.95. The first-order valence-corrected chi connectivity index (χ1v) is 6.67. The van der Waals surface area contributed by atoms with E-state index in [0.717, 1.165) is 37.7 Å². The molecule has 1 N–H and O–H groups in total. The molecule has 1 fully saturated rings. The zero-order valence-corrected chi connectivity index (χ0v) is 10.5. The van der Waals surface area contributed by atoms with Gasteiger partial charge in [-0.15, -0.1) is 0 Å². The quantitative estimate of drug-likeness (QED) is 0.774. The molecule has 16 heavy (non-hydrogen) atoms. The lowest BCUT2D eigenvalue weighted by atomic mass is 10.2. The Morgan fingerprint density at radius 3 is 2.88 bits per heavy atom. The average molecular weight is 256 g/mol. The molecule has 1 aromatic carbocycles. The summed E-state index contributed by atoms with van der Waals surface area (Å²) in [4.78, 5) is 1.30. The maximum Gasteiger partial charge on any atom is 0.0513 e. The van der Waals surface area contributed by atoms with Crippen molar-refractivity contribution in [2.75, 3.05) is 26.2 Å². The van der Waals surface area contributed by atoms with Crippen molar-refractivity contribution in [3.63, 3.8) is 0 Å². The monoisotopic (exact) mass is 255 g/mol. The second-order valence-electron chi connectivity index (χ2n) is 4.06. The minimum atomic E-state index is 0.827. The minimum absolute atomic E-state index is 0.827. The van der Waals surface area contributed by atoms with Crippen LogP contribution < -0.4 is 5.32 Å². The Balaban J connectivity index is 1.74. The summed E-state index contributed by atoms with van der Waals surface area (Å²) in [7, 11) is 0. The predicted molar refractivity (Wildman–Crippen MR) is 67.3 cm³/mol. The van der Waals surface area contributed by atoms with Crippen LogP contribution in [0.2, 0.25) is 5.02 Å². The second-order valence-corrected chi connectivity index (χ2v) is 5.54. The van der Waals surface area contributed by atoms with Gasteiger partial charge >= 0.3 is 0 Å². The third-order valence-corrected chi connectivity index (χ3v) is 4.33. The summed E-state index contributed by atoms with van der Waals surface area (Å²) in [5, 5.41) is 6.61. The maximum atomic E-state index is 6.00. The first kappa shape index (κ1) is 10.9. The predicted octanol–water partition coefficient (Wildman–Crippen LogP) is 1.98. The van der Waals surface area contributed by atoms with Crippen LogP contribution in [-0.2, 0) is 6.54 Å². The van der Waals surface area contributed by atoms with Gasteiger partial charge in [-0.2, -0.15) is 4.41 Å². The van der Waals surface area contributed by atoms with Crippen LogP contribution >= 0.6 is 23.5 Å². The molecule has 1 saturated heterocycles. The van der Waals surface area contributed by atoms with Crippen molar-refractivity contribution in [1.29, 1.82) is 0 Å². The zero-order valence-electron chi connectivity index (χ0n) is 8.95. The van der Waals surface area contributed by atoms with E-state index in [-0.39, 0.29) is 0 Å². The Morgan fingerprint density at radius 1 is 1.25 bits per heavy atom. The third kappa shape index (κ3) is 2.08. The molecule has 5 heteroatoms. The van der Waals surface area contributed by atoms with Crippen LogP contribution in [0, 0.1) is 0 Å². The summed E-state index contributed by atoms with van der Waals surface area (Å²) in [6.07, 6.45) is 0. The normalized spacial score (nSPS) is 22.3. The Kier molecular flexibility index (Phi) is 3.09. The molecule has 0 bridgehead atoms. The van der Waals surface area contributed by atoms with Gasteiger partial charge in [-0.05, 0) is 29.6 Å². The summed E-state index contributed by atoms with van der Waals surface area (Å²) in [6, 6.07) is 6.17. The summed E-state index contributed by atoms with van der Waals surface area (Å²) < 4.78 is 2.35. The summed E-state index contributed by atoms with van der Waals surface area (Å²) in [6.45, 7) is 5.34. The van der Waals surface area contributed by atoms with E-state index in [1.54, 1.807) is 11.9 Å². The number of nitrogens with one attached hydrogen (secondary N) is 1. The lowest BCUT2D eigenvalue weighted by molar-refractivity contribution is 0.0549. The van der Waals surface area contributed by atoms with E-state index in [1.165, 1.54) is 10.5 Å². The van der Waals surface area contributed by atoms with Crippen molar-refractivity contribution in [2.24, 2.45) is 0 Å². The topological polar surface area (TPSA) is 18.5 Å². The van der Waals surface area contributed by atoms with Crippen LogP contribution in [0.3, 0.4) is 0 Å². The van der Waals surface area contributed by atoms with Crippen LogP contribution in [0.25, 0.3) is 0 Å². The summed E-state index contributed by atoms with van der Waals surface area (Å²) in [5.41, 5.74) is 1.38. The van der Waals surface area contributed by atoms with Crippen molar-refractivity contribution in [1.82, 2.24) is 14.7 Å². The molecule has 0 unspecified atom stereocenters. The molecule has 0 aromatic heterocycles. The highest BCUT2D eigenvalue weighted by atomic mass is 35.5. The van der Waals surface area contributed by atoms with Gasteiger partial charge < -0.3 is 5.32 Å². The minimum Gasteiger partial charge on any atom is -0.314 e. The molecular weight excluding hydrogens is 242 g/mol. The Bertz CT molecular complexity index is 393. The second kappa shape index (κ2) is 4.55. The number of benzene rings is 1. The van der Waals surface area contributed by atoms with Crippen molar-refractivity contribution in [3.05, 3.63) is 28.8 Å². The molecule has 1 aromatic rings. The number of rotatable bonds is 1. The van der Waals surface area contributed by atoms with Gasteiger partial charge in [-0.25, -0.2) is 5.01 Å². The fourth-order valence-electron chi connectivity index (χ4n) is 2.07.